The zero-order chi connectivity index (χ0) is 11.3. The van der Waals surface area contributed by atoms with Crippen molar-refractivity contribution < 1.29 is 5.21 Å². The van der Waals surface area contributed by atoms with Crippen LogP contribution in [0.1, 0.15) is 12.7 Å². The van der Waals surface area contributed by atoms with Crippen molar-refractivity contribution in [1.29, 1.82) is 0 Å². The van der Waals surface area contributed by atoms with Crippen molar-refractivity contribution >= 4 is 5.84 Å². The zero-order valence-corrected chi connectivity index (χ0v) is 8.88. The first kappa shape index (κ1) is 11.4. The van der Waals surface area contributed by atoms with Crippen molar-refractivity contribution in [2.75, 3.05) is 6.54 Å². The summed E-state index contributed by atoms with van der Waals surface area (Å²) >= 11 is 0. The molecule has 1 heterocycles. The average molecular weight is 212 g/mol. The van der Waals surface area contributed by atoms with Gasteiger partial charge in [-0.1, -0.05) is 5.16 Å². The van der Waals surface area contributed by atoms with Crippen LogP contribution in [0.25, 0.3) is 0 Å². The summed E-state index contributed by atoms with van der Waals surface area (Å²) in [4.78, 5) is 0. The van der Waals surface area contributed by atoms with Crippen molar-refractivity contribution in [2.24, 2.45) is 17.9 Å². The molecule has 1 aromatic rings. The fourth-order valence-electron chi connectivity index (χ4n) is 1.13. The first-order valence-corrected chi connectivity index (χ1v) is 4.68. The Morgan fingerprint density at radius 3 is 3.07 bits per heavy atom. The Balaban J connectivity index is 2.31. The maximum Gasteiger partial charge on any atom is 0.156 e. The van der Waals surface area contributed by atoms with Crippen molar-refractivity contribution in [1.82, 2.24) is 20.1 Å². The Morgan fingerprint density at radius 1 is 1.80 bits per heavy atom. The fourth-order valence-corrected chi connectivity index (χ4v) is 1.13. The van der Waals surface area contributed by atoms with Crippen LogP contribution in [0.5, 0.6) is 0 Å². The Bertz CT molecular complexity index is 334. The van der Waals surface area contributed by atoms with Crippen LogP contribution in [0.2, 0.25) is 0 Å². The predicted octanol–water partition coefficient (Wildman–Crippen LogP) is -0.918. The topological polar surface area (TPSA) is 101 Å². The van der Waals surface area contributed by atoms with Crippen LogP contribution in [0.4, 0.5) is 0 Å². The lowest BCUT2D eigenvalue weighted by atomic mass is 10.3. The molecule has 1 rings (SSSR count). The van der Waals surface area contributed by atoms with Gasteiger partial charge in [-0.3, -0.25) is 0 Å². The summed E-state index contributed by atoms with van der Waals surface area (Å²) in [6.07, 6.45) is 2.40. The van der Waals surface area contributed by atoms with E-state index in [2.05, 4.69) is 20.7 Å². The van der Waals surface area contributed by atoms with Gasteiger partial charge in [-0.05, 0) is 6.92 Å². The van der Waals surface area contributed by atoms with E-state index in [1.54, 1.807) is 6.33 Å². The average Bonchev–Trinajstić information content (AvgIpc) is 2.63. The number of hydrogen-bond donors (Lipinski definition) is 3. The predicted molar refractivity (Wildman–Crippen MR) is 55.6 cm³/mol. The molecule has 0 saturated carbocycles. The summed E-state index contributed by atoms with van der Waals surface area (Å²) in [5.41, 5.74) is 5.41. The highest BCUT2D eigenvalue weighted by Gasteiger charge is 2.07. The number of aromatic nitrogens is 3. The van der Waals surface area contributed by atoms with E-state index in [1.165, 1.54) is 0 Å². The largest absolute Gasteiger partial charge is 0.409 e. The van der Waals surface area contributed by atoms with Gasteiger partial charge in [0.2, 0.25) is 0 Å². The van der Waals surface area contributed by atoms with Crippen LogP contribution in [0.15, 0.2) is 11.5 Å². The van der Waals surface area contributed by atoms with Gasteiger partial charge in [0.1, 0.15) is 12.2 Å². The Kier molecular flexibility index (Phi) is 4.04. The summed E-state index contributed by atoms with van der Waals surface area (Å²) < 4.78 is 1.86. The van der Waals surface area contributed by atoms with Gasteiger partial charge in [0.15, 0.2) is 5.84 Å². The molecule has 15 heavy (non-hydrogen) atoms. The normalized spacial score (nSPS) is 14.1. The van der Waals surface area contributed by atoms with E-state index in [9.17, 15) is 0 Å². The van der Waals surface area contributed by atoms with Crippen molar-refractivity contribution in [3.8, 4) is 0 Å². The molecule has 0 amide bonds. The van der Waals surface area contributed by atoms with Crippen LogP contribution >= 0.6 is 0 Å². The van der Waals surface area contributed by atoms with E-state index < -0.39 is 0 Å². The number of aryl methyl sites for hydroxylation is 1. The third-order valence-electron chi connectivity index (χ3n) is 2.16. The maximum absolute atomic E-state index is 8.43. The first-order valence-electron chi connectivity index (χ1n) is 4.68. The second kappa shape index (κ2) is 5.30. The van der Waals surface area contributed by atoms with Crippen LogP contribution in [0.3, 0.4) is 0 Å². The van der Waals surface area contributed by atoms with Crippen LogP contribution in [-0.2, 0) is 13.5 Å². The maximum atomic E-state index is 8.43. The first-order chi connectivity index (χ1) is 7.15. The van der Waals surface area contributed by atoms with E-state index in [4.69, 9.17) is 10.9 Å². The lowest BCUT2D eigenvalue weighted by Crippen LogP contribution is -2.40. The number of rotatable bonds is 5. The summed E-state index contributed by atoms with van der Waals surface area (Å²) in [6.45, 7) is 2.52. The molecule has 1 aromatic heterocycles. The SMILES string of the molecule is CC(NCCc1nncn1C)C(N)=NO. The Morgan fingerprint density at radius 2 is 2.53 bits per heavy atom. The summed E-state index contributed by atoms with van der Waals surface area (Å²) in [5, 5.41) is 22.2. The lowest BCUT2D eigenvalue weighted by Gasteiger charge is -2.11. The van der Waals surface area contributed by atoms with Gasteiger partial charge >= 0.3 is 0 Å². The second-order valence-electron chi connectivity index (χ2n) is 3.31. The lowest BCUT2D eigenvalue weighted by molar-refractivity contribution is 0.315. The van der Waals surface area contributed by atoms with E-state index in [0.29, 0.717) is 6.54 Å². The zero-order valence-electron chi connectivity index (χ0n) is 8.88. The molecule has 0 aliphatic heterocycles. The molecule has 1 atom stereocenters. The third-order valence-corrected chi connectivity index (χ3v) is 2.16. The molecule has 0 aliphatic carbocycles. The minimum Gasteiger partial charge on any atom is -0.409 e. The van der Waals surface area contributed by atoms with E-state index in [1.807, 2.05) is 18.5 Å². The van der Waals surface area contributed by atoms with Crippen LogP contribution < -0.4 is 11.1 Å². The van der Waals surface area contributed by atoms with Gasteiger partial charge in [-0.2, -0.15) is 0 Å². The number of amidine groups is 1. The standard InChI is InChI=1S/C8H16N6O/c1-6(8(9)13-15)10-4-3-7-12-11-5-14(7)2/h5-6,10,15H,3-4H2,1-2H3,(H2,9,13). The Hall–Kier alpha value is -1.63. The molecule has 0 aliphatic rings. The number of oxime groups is 1. The molecule has 0 fully saturated rings. The van der Waals surface area contributed by atoms with Gasteiger partial charge in [0, 0.05) is 20.0 Å². The molecule has 0 bridgehead atoms. The number of hydrogen-bond acceptors (Lipinski definition) is 5. The van der Waals surface area contributed by atoms with Crippen LogP contribution in [0, 0.1) is 0 Å². The number of nitrogens with zero attached hydrogens (tertiary/aromatic N) is 4. The fraction of sp³-hybridized carbons (Fsp3) is 0.625. The van der Waals surface area contributed by atoms with E-state index in [-0.39, 0.29) is 11.9 Å². The number of nitrogens with one attached hydrogen (secondary N) is 1. The molecule has 4 N–H and O–H groups in total. The molecule has 0 spiro atoms. The molecule has 0 saturated heterocycles. The van der Waals surface area contributed by atoms with Crippen LogP contribution in [-0.4, -0.2) is 38.4 Å². The van der Waals surface area contributed by atoms with Gasteiger partial charge in [-0.15, -0.1) is 10.2 Å². The highest BCUT2D eigenvalue weighted by atomic mass is 16.4. The second-order valence-corrected chi connectivity index (χ2v) is 3.31. The summed E-state index contributed by atoms with van der Waals surface area (Å²) in [6, 6.07) is -0.150. The quantitative estimate of drug-likeness (QED) is 0.254. The molecular weight excluding hydrogens is 196 g/mol. The molecule has 84 valence electrons. The molecule has 0 radical (unpaired) electrons. The smallest absolute Gasteiger partial charge is 0.156 e. The van der Waals surface area contributed by atoms with Gasteiger partial charge in [0.25, 0.3) is 0 Å². The summed E-state index contributed by atoms with van der Waals surface area (Å²) in [5.74, 6) is 1.07. The highest BCUT2D eigenvalue weighted by Crippen LogP contribution is 1.92. The molecular formula is C8H16N6O. The minimum absolute atomic E-state index is 0.150. The van der Waals surface area contributed by atoms with Crippen molar-refractivity contribution in [2.45, 2.75) is 19.4 Å². The highest BCUT2D eigenvalue weighted by molar-refractivity contribution is 5.84. The molecule has 0 aromatic carbocycles. The van der Waals surface area contributed by atoms with Crippen molar-refractivity contribution in [3.05, 3.63) is 12.2 Å². The molecule has 1 unspecified atom stereocenters. The van der Waals surface area contributed by atoms with Gasteiger partial charge in [0.05, 0.1) is 6.04 Å². The van der Waals surface area contributed by atoms with E-state index >= 15 is 0 Å². The third kappa shape index (κ3) is 3.21. The van der Waals surface area contributed by atoms with Gasteiger partial charge in [-0.25, -0.2) is 0 Å². The summed E-state index contributed by atoms with van der Waals surface area (Å²) in [7, 11) is 1.89. The van der Waals surface area contributed by atoms with Gasteiger partial charge < -0.3 is 20.8 Å². The monoisotopic (exact) mass is 212 g/mol. The Labute approximate surface area is 88.0 Å². The van der Waals surface area contributed by atoms with Crippen molar-refractivity contribution in [3.63, 3.8) is 0 Å². The van der Waals surface area contributed by atoms with E-state index in [0.717, 1.165) is 12.2 Å². The minimum atomic E-state index is -0.150. The number of nitrogens with two attached hydrogens (primary N) is 1. The molecule has 7 heteroatoms. The molecule has 7 nitrogen and oxygen atoms in total.